The van der Waals surface area contributed by atoms with E-state index in [2.05, 4.69) is 0 Å². The van der Waals surface area contributed by atoms with Gasteiger partial charge in [-0.15, -0.1) is 0 Å². The van der Waals surface area contributed by atoms with Gasteiger partial charge in [0.05, 0.1) is 19.3 Å². The van der Waals surface area contributed by atoms with Gasteiger partial charge in [-0.05, 0) is 36.8 Å². The standard InChI is InChI=1S/C25H28N2O5/c1-19-25(32-18-24(29)26(2)17-20-7-5-4-6-8-20)23(28)13-14-27(19)15-16-31-22-11-9-21(30-3)10-12-22/h4-14H,15-18H2,1-3H3. The minimum absolute atomic E-state index is 0.179. The molecular weight excluding hydrogens is 408 g/mol. The third kappa shape index (κ3) is 6.14. The third-order valence-corrected chi connectivity index (χ3v) is 5.08. The zero-order valence-corrected chi connectivity index (χ0v) is 18.6. The molecule has 7 nitrogen and oxygen atoms in total. The van der Waals surface area contributed by atoms with Crippen molar-refractivity contribution in [3.8, 4) is 17.2 Å². The van der Waals surface area contributed by atoms with Gasteiger partial charge in [-0.1, -0.05) is 30.3 Å². The van der Waals surface area contributed by atoms with E-state index in [4.69, 9.17) is 14.2 Å². The van der Waals surface area contributed by atoms with Crippen molar-refractivity contribution in [2.75, 3.05) is 27.4 Å². The van der Waals surface area contributed by atoms with Crippen LogP contribution in [-0.2, 0) is 17.9 Å². The van der Waals surface area contributed by atoms with E-state index in [9.17, 15) is 9.59 Å². The molecule has 0 spiro atoms. The Balaban J connectivity index is 1.56. The maximum atomic E-state index is 12.5. The smallest absolute Gasteiger partial charge is 0.260 e. The number of hydrogen-bond acceptors (Lipinski definition) is 5. The number of rotatable bonds is 10. The van der Waals surface area contributed by atoms with Crippen molar-refractivity contribution in [2.45, 2.75) is 20.0 Å². The van der Waals surface area contributed by atoms with Crippen molar-refractivity contribution < 1.29 is 19.0 Å². The lowest BCUT2D eigenvalue weighted by Crippen LogP contribution is -2.32. The van der Waals surface area contributed by atoms with E-state index in [0.29, 0.717) is 25.4 Å². The van der Waals surface area contributed by atoms with Crippen LogP contribution in [-0.4, -0.2) is 42.7 Å². The van der Waals surface area contributed by atoms with E-state index in [0.717, 1.165) is 17.1 Å². The van der Waals surface area contributed by atoms with Crippen LogP contribution in [0.2, 0.25) is 0 Å². The Morgan fingerprint density at radius 2 is 1.66 bits per heavy atom. The molecule has 0 atom stereocenters. The van der Waals surface area contributed by atoms with Crippen molar-refractivity contribution >= 4 is 5.91 Å². The monoisotopic (exact) mass is 436 g/mol. The number of methoxy groups -OCH3 is 1. The number of hydrogen-bond donors (Lipinski definition) is 0. The summed E-state index contributed by atoms with van der Waals surface area (Å²) in [4.78, 5) is 26.4. The first kappa shape index (κ1) is 22.9. The van der Waals surface area contributed by atoms with Crippen molar-refractivity contribution in [2.24, 2.45) is 0 Å². The van der Waals surface area contributed by atoms with Gasteiger partial charge in [-0.3, -0.25) is 9.59 Å². The Bertz CT molecular complexity index is 1080. The summed E-state index contributed by atoms with van der Waals surface area (Å²) in [5.74, 6) is 1.47. The van der Waals surface area contributed by atoms with Crippen LogP contribution in [0, 0.1) is 6.92 Å². The minimum atomic E-state index is -0.256. The zero-order valence-electron chi connectivity index (χ0n) is 18.6. The van der Waals surface area contributed by atoms with E-state index < -0.39 is 0 Å². The van der Waals surface area contributed by atoms with Gasteiger partial charge in [0.25, 0.3) is 5.91 Å². The number of pyridine rings is 1. The van der Waals surface area contributed by atoms with Gasteiger partial charge < -0.3 is 23.7 Å². The molecule has 0 aliphatic rings. The summed E-state index contributed by atoms with van der Waals surface area (Å²) in [6, 6.07) is 18.5. The maximum Gasteiger partial charge on any atom is 0.260 e. The molecule has 3 rings (SSSR count). The molecule has 0 unspecified atom stereocenters. The van der Waals surface area contributed by atoms with Gasteiger partial charge in [0, 0.05) is 25.9 Å². The largest absolute Gasteiger partial charge is 0.497 e. The molecule has 32 heavy (non-hydrogen) atoms. The molecular formula is C25H28N2O5. The molecule has 0 fully saturated rings. The summed E-state index contributed by atoms with van der Waals surface area (Å²) >= 11 is 0. The van der Waals surface area contributed by atoms with Crippen LogP contribution in [0.3, 0.4) is 0 Å². The van der Waals surface area contributed by atoms with E-state index in [1.165, 1.54) is 6.07 Å². The van der Waals surface area contributed by atoms with Crippen LogP contribution in [0.4, 0.5) is 0 Å². The molecule has 0 radical (unpaired) electrons. The molecule has 0 saturated carbocycles. The van der Waals surface area contributed by atoms with E-state index >= 15 is 0 Å². The summed E-state index contributed by atoms with van der Waals surface area (Å²) in [5.41, 5.74) is 1.42. The first-order valence-electron chi connectivity index (χ1n) is 10.4. The third-order valence-electron chi connectivity index (χ3n) is 5.08. The highest BCUT2D eigenvalue weighted by atomic mass is 16.5. The number of aromatic nitrogens is 1. The fourth-order valence-corrected chi connectivity index (χ4v) is 3.20. The lowest BCUT2D eigenvalue weighted by Gasteiger charge is -2.19. The van der Waals surface area contributed by atoms with Crippen LogP contribution in [0.25, 0.3) is 0 Å². The lowest BCUT2D eigenvalue weighted by atomic mass is 10.2. The van der Waals surface area contributed by atoms with E-state index in [1.54, 1.807) is 32.2 Å². The van der Waals surface area contributed by atoms with Crippen molar-refractivity contribution in [1.82, 2.24) is 9.47 Å². The molecule has 1 amide bonds. The second-order valence-electron chi connectivity index (χ2n) is 7.34. The predicted octanol–water partition coefficient (Wildman–Crippen LogP) is 3.28. The van der Waals surface area contributed by atoms with Gasteiger partial charge in [0.15, 0.2) is 12.4 Å². The fraction of sp³-hybridized carbons (Fsp3) is 0.280. The highest BCUT2D eigenvalue weighted by Crippen LogP contribution is 2.17. The highest BCUT2D eigenvalue weighted by molar-refractivity contribution is 5.77. The number of likely N-dealkylation sites (N-methyl/N-ethyl adjacent to an activating group) is 1. The summed E-state index contributed by atoms with van der Waals surface area (Å²) in [7, 11) is 3.33. The Labute approximate surface area is 187 Å². The van der Waals surface area contributed by atoms with Gasteiger partial charge >= 0.3 is 0 Å². The second-order valence-corrected chi connectivity index (χ2v) is 7.34. The Kier molecular flexibility index (Phi) is 7.91. The molecule has 0 aliphatic heterocycles. The molecule has 3 aromatic rings. The molecule has 7 heteroatoms. The topological polar surface area (TPSA) is 70.0 Å². The predicted molar refractivity (Wildman–Crippen MR) is 122 cm³/mol. The Hall–Kier alpha value is -3.74. The SMILES string of the molecule is COc1ccc(OCCn2ccc(=O)c(OCC(=O)N(C)Cc3ccccc3)c2C)cc1. The van der Waals surface area contributed by atoms with Crippen LogP contribution >= 0.6 is 0 Å². The summed E-state index contributed by atoms with van der Waals surface area (Å²) in [6.45, 7) is 3.00. The summed E-state index contributed by atoms with van der Waals surface area (Å²) < 4.78 is 18.4. The second kappa shape index (κ2) is 11.0. The molecule has 168 valence electrons. The van der Waals surface area contributed by atoms with Crippen molar-refractivity contribution in [1.29, 1.82) is 0 Å². The summed E-state index contributed by atoms with van der Waals surface area (Å²) in [6.07, 6.45) is 1.70. The fourth-order valence-electron chi connectivity index (χ4n) is 3.20. The average Bonchev–Trinajstić information content (AvgIpc) is 2.81. The summed E-state index contributed by atoms with van der Waals surface area (Å²) in [5, 5.41) is 0. The lowest BCUT2D eigenvalue weighted by molar-refractivity contribution is -0.132. The molecule has 0 N–H and O–H groups in total. The Morgan fingerprint density at radius 3 is 2.34 bits per heavy atom. The van der Waals surface area contributed by atoms with Crippen LogP contribution in [0.15, 0.2) is 71.7 Å². The number of ether oxygens (including phenoxy) is 3. The van der Waals surface area contributed by atoms with Crippen LogP contribution in [0.5, 0.6) is 17.2 Å². The van der Waals surface area contributed by atoms with Crippen LogP contribution < -0.4 is 19.6 Å². The van der Waals surface area contributed by atoms with Gasteiger partial charge in [0.2, 0.25) is 5.43 Å². The van der Waals surface area contributed by atoms with E-state index in [1.807, 2.05) is 59.2 Å². The highest BCUT2D eigenvalue weighted by Gasteiger charge is 2.14. The molecule has 1 aromatic heterocycles. The number of amides is 1. The quantitative estimate of drug-likeness (QED) is 0.488. The number of benzene rings is 2. The van der Waals surface area contributed by atoms with Crippen molar-refractivity contribution in [3.05, 3.63) is 88.3 Å². The molecule has 2 aromatic carbocycles. The normalized spacial score (nSPS) is 10.5. The molecule has 0 saturated heterocycles. The Morgan fingerprint density at radius 1 is 0.969 bits per heavy atom. The number of nitrogens with zero attached hydrogens (tertiary/aromatic N) is 2. The minimum Gasteiger partial charge on any atom is -0.497 e. The number of carbonyl (C=O) groups is 1. The zero-order chi connectivity index (χ0) is 22.9. The van der Waals surface area contributed by atoms with Gasteiger partial charge in [-0.2, -0.15) is 0 Å². The van der Waals surface area contributed by atoms with Gasteiger partial charge in [0.1, 0.15) is 18.1 Å². The maximum absolute atomic E-state index is 12.5. The molecule has 1 heterocycles. The van der Waals surface area contributed by atoms with Crippen LogP contribution in [0.1, 0.15) is 11.3 Å². The first-order chi connectivity index (χ1) is 15.5. The van der Waals surface area contributed by atoms with E-state index in [-0.39, 0.29) is 23.7 Å². The first-order valence-corrected chi connectivity index (χ1v) is 10.4. The van der Waals surface area contributed by atoms with Crippen molar-refractivity contribution in [3.63, 3.8) is 0 Å². The number of carbonyl (C=O) groups excluding carboxylic acids is 1. The van der Waals surface area contributed by atoms with Gasteiger partial charge in [-0.25, -0.2) is 0 Å². The molecule has 0 bridgehead atoms. The molecule has 0 aliphatic carbocycles. The average molecular weight is 437 g/mol.